The molecule has 0 saturated carbocycles. The molecule has 0 radical (unpaired) electrons. The zero-order chi connectivity index (χ0) is 9.97. The molecule has 76 valence electrons. The largest absolute Gasteiger partial charge is 0.475 e. The highest BCUT2D eigenvalue weighted by atomic mass is 16.6. The lowest BCUT2D eigenvalue weighted by atomic mass is 10.2. The minimum Gasteiger partial charge on any atom is -0.475 e. The maximum absolute atomic E-state index is 5.50. The molecule has 2 rings (SSSR count). The fourth-order valence-electron chi connectivity index (χ4n) is 1.30. The third-order valence-electron chi connectivity index (χ3n) is 1.98. The predicted molar refractivity (Wildman–Crippen MR) is 53.4 cm³/mol. The predicted octanol–water partition coefficient (Wildman–Crippen LogP) is 1.81. The SMILES string of the molecule is CC(C)Oc1cccc(CC2CO2)n1. The molecule has 1 aromatic heterocycles. The van der Waals surface area contributed by atoms with Gasteiger partial charge in [0.15, 0.2) is 0 Å². The number of ether oxygens (including phenoxy) is 2. The summed E-state index contributed by atoms with van der Waals surface area (Å²) >= 11 is 0. The first-order valence-electron chi connectivity index (χ1n) is 4.98. The van der Waals surface area contributed by atoms with Gasteiger partial charge in [0.05, 0.1) is 18.8 Å². The molecule has 1 saturated heterocycles. The van der Waals surface area contributed by atoms with Gasteiger partial charge in [0, 0.05) is 18.2 Å². The Morgan fingerprint density at radius 2 is 2.36 bits per heavy atom. The van der Waals surface area contributed by atoms with Crippen LogP contribution >= 0.6 is 0 Å². The first-order chi connectivity index (χ1) is 6.74. The number of epoxide rings is 1. The molecule has 1 aliphatic heterocycles. The van der Waals surface area contributed by atoms with Crippen molar-refractivity contribution in [2.24, 2.45) is 0 Å². The molecule has 1 aliphatic rings. The van der Waals surface area contributed by atoms with Crippen LogP contribution in [0.5, 0.6) is 5.88 Å². The van der Waals surface area contributed by atoms with Gasteiger partial charge in [-0.1, -0.05) is 6.07 Å². The second-order valence-corrected chi connectivity index (χ2v) is 3.79. The van der Waals surface area contributed by atoms with Gasteiger partial charge in [0.1, 0.15) is 0 Å². The van der Waals surface area contributed by atoms with E-state index < -0.39 is 0 Å². The summed E-state index contributed by atoms with van der Waals surface area (Å²) in [7, 11) is 0. The molecule has 0 N–H and O–H groups in total. The summed E-state index contributed by atoms with van der Waals surface area (Å²) in [5.41, 5.74) is 1.05. The molecule has 0 spiro atoms. The molecule has 0 aromatic carbocycles. The minimum absolute atomic E-state index is 0.176. The van der Waals surface area contributed by atoms with Gasteiger partial charge in [0.25, 0.3) is 0 Å². The van der Waals surface area contributed by atoms with Crippen molar-refractivity contribution in [2.45, 2.75) is 32.5 Å². The van der Waals surface area contributed by atoms with Gasteiger partial charge < -0.3 is 9.47 Å². The lowest BCUT2D eigenvalue weighted by molar-refractivity contribution is 0.232. The van der Waals surface area contributed by atoms with Gasteiger partial charge >= 0.3 is 0 Å². The van der Waals surface area contributed by atoms with Gasteiger partial charge in [-0.05, 0) is 19.9 Å². The van der Waals surface area contributed by atoms with E-state index in [2.05, 4.69) is 4.98 Å². The number of hydrogen-bond donors (Lipinski definition) is 0. The maximum atomic E-state index is 5.50. The van der Waals surface area contributed by atoms with Crippen molar-refractivity contribution in [3.63, 3.8) is 0 Å². The lowest BCUT2D eigenvalue weighted by Gasteiger charge is -2.09. The second kappa shape index (κ2) is 3.96. The quantitative estimate of drug-likeness (QED) is 0.684. The van der Waals surface area contributed by atoms with E-state index >= 15 is 0 Å². The Morgan fingerprint density at radius 3 is 3.00 bits per heavy atom. The van der Waals surface area contributed by atoms with Crippen LogP contribution in [0.15, 0.2) is 18.2 Å². The summed E-state index contributed by atoms with van der Waals surface area (Å²) in [6, 6.07) is 5.87. The Bertz CT molecular complexity index is 289. The highest BCUT2D eigenvalue weighted by molar-refractivity contribution is 5.17. The van der Waals surface area contributed by atoms with Crippen molar-refractivity contribution in [1.29, 1.82) is 0 Å². The highest BCUT2D eigenvalue weighted by Gasteiger charge is 2.23. The smallest absolute Gasteiger partial charge is 0.213 e. The Kier molecular flexibility index (Phi) is 2.68. The van der Waals surface area contributed by atoms with Crippen molar-refractivity contribution in [2.75, 3.05) is 6.61 Å². The van der Waals surface area contributed by atoms with Gasteiger partial charge in [-0.15, -0.1) is 0 Å². The van der Waals surface area contributed by atoms with Crippen LogP contribution in [0.2, 0.25) is 0 Å². The van der Waals surface area contributed by atoms with Crippen LogP contribution in [0, 0.1) is 0 Å². The van der Waals surface area contributed by atoms with Gasteiger partial charge in [-0.3, -0.25) is 0 Å². The third-order valence-corrected chi connectivity index (χ3v) is 1.98. The van der Waals surface area contributed by atoms with Crippen LogP contribution in [-0.4, -0.2) is 23.8 Å². The maximum Gasteiger partial charge on any atom is 0.213 e. The van der Waals surface area contributed by atoms with Crippen molar-refractivity contribution < 1.29 is 9.47 Å². The van der Waals surface area contributed by atoms with Crippen LogP contribution in [0.25, 0.3) is 0 Å². The van der Waals surface area contributed by atoms with Crippen molar-refractivity contribution in [3.05, 3.63) is 23.9 Å². The average Bonchev–Trinajstić information content (AvgIpc) is 2.87. The zero-order valence-electron chi connectivity index (χ0n) is 8.56. The number of pyridine rings is 1. The summed E-state index contributed by atoms with van der Waals surface area (Å²) in [6.45, 7) is 4.87. The van der Waals surface area contributed by atoms with E-state index in [0.29, 0.717) is 12.0 Å². The number of rotatable bonds is 4. The van der Waals surface area contributed by atoms with E-state index in [1.807, 2.05) is 32.0 Å². The van der Waals surface area contributed by atoms with Crippen LogP contribution in [0.4, 0.5) is 0 Å². The monoisotopic (exact) mass is 193 g/mol. The van der Waals surface area contributed by atoms with Gasteiger partial charge in [-0.25, -0.2) is 4.98 Å². The Morgan fingerprint density at radius 1 is 1.57 bits per heavy atom. The van der Waals surface area contributed by atoms with E-state index in [4.69, 9.17) is 9.47 Å². The second-order valence-electron chi connectivity index (χ2n) is 3.79. The van der Waals surface area contributed by atoms with Crippen LogP contribution in [0.1, 0.15) is 19.5 Å². The normalized spacial score (nSPS) is 19.8. The van der Waals surface area contributed by atoms with E-state index in [1.165, 1.54) is 0 Å². The van der Waals surface area contributed by atoms with Crippen molar-refractivity contribution in [1.82, 2.24) is 4.98 Å². The molecule has 0 bridgehead atoms. The molecule has 0 aliphatic carbocycles. The molecule has 1 aromatic rings. The van der Waals surface area contributed by atoms with E-state index in [1.54, 1.807) is 0 Å². The summed E-state index contributed by atoms with van der Waals surface area (Å²) in [6.07, 6.45) is 1.46. The van der Waals surface area contributed by atoms with Gasteiger partial charge in [0.2, 0.25) is 5.88 Å². The van der Waals surface area contributed by atoms with Crippen LogP contribution in [-0.2, 0) is 11.2 Å². The summed E-state index contributed by atoms with van der Waals surface area (Å²) in [5, 5.41) is 0. The van der Waals surface area contributed by atoms with Crippen LogP contribution < -0.4 is 4.74 Å². The Labute approximate surface area is 84.1 Å². The Hall–Kier alpha value is -1.09. The molecular formula is C11H15NO2. The van der Waals surface area contributed by atoms with E-state index in [0.717, 1.165) is 18.7 Å². The van der Waals surface area contributed by atoms with E-state index in [-0.39, 0.29) is 6.10 Å². The minimum atomic E-state index is 0.176. The summed E-state index contributed by atoms with van der Waals surface area (Å²) < 4.78 is 10.7. The first kappa shape index (κ1) is 9.46. The molecule has 14 heavy (non-hydrogen) atoms. The molecule has 3 nitrogen and oxygen atoms in total. The Balaban J connectivity index is 2.01. The fourth-order valence-corrected chi connectivity index (χ4v) is 1.30. The topological polar surface area (TPSA) is 34.6 Å². The molecule has 1 unspecified atom stereocenters. The molecule has 3 heteroatoms. The number of nitrogens with zero attached hydrogens (tertiary/aromatic N) is 1. The zero-order valence-corrected chi connectivity index (χ0v) is 8.56. The number of hydrogen-bond acceptors (Lipinski definition) is 3. The molecular weight excluding hydrogens is 178 g/mol. The summed E-state index contributed by atoms with van der Waals surface area (Å²) in [4.78, 5) is 4.39. The van der Waals surface area contributed by atoms with Crippen molar-refractivity contribution >= 4 is 0 Å². The van der Waals surface area contributed by atoms with Crippen molar-refractivity contribution in [3.8, 4) is 5.88 Å². The average molecular weight is 193 g/mol. The third kappa shape index (κ3) is 2.70. The summed E-state index contributed by atoms with van der Waals surface area (Å²) in [5.74, 6) is 0.707. The highest BCUT2D eigenvalue weighted by Crippen LogP contribution is 2.17. The number of aromatic nitrogens is 1. The molecule has 0 amide bonds. The first-order valence-corrected chi connectivity index (χ1v) is 4.98. The standard InChI is InChI=1S/C11H15NO2/c1-8(2)14-11-5-3-4-9(12-11)6-10-7-13-10/h3-5,8,10H,6-7H2,1-2H3. The fraction of sp³-hybridized carbons (Fsp3) is 0.545. The molecule has 2 heterocycles. The molecule has 1 atom stereocenters. The van der Waals surface area contributed by atoms with Crippen LogP contribution in [0.3, 0.4) is 0 Å². The van der Waals surface area contributed by atoms with Gasteiger partial charge in [-0.2, -0.15) is 0 Å². The van der Waals surface area contributed by atoms with E-state index in [9.17, 15) is 0 Å². The molecule has 1 fully saturated rings. The lowest BCUT2D eigenvalue weighted by Crippen LogP contribution is -2.08.